The Hall–Kier alpha value is -0.610. The maximum atomic E-state index is 11.2. The summed E-state index contributed by atoms with van der Waals surface area (Å²) in [6, 6.07) is 0. The lowest BCUT2D eigenvalue weighted by atomic mass is 10.2. The Labute approximate surface area is 65.8 Å². The highest BCUT2D eigenvalue weighted by molar-refractivity contribution is 5.80. The van der Waals surface area contributed by atoms with Gasteiger partial charge in [-0.1, -0.05) is 0 Å². The normalized spacial score (nSPS) is 30.5. The van der Waals surface area contributed by atoms with Crippen LogP contribution in [0, 0.1) is 0 Å². The Balaban J connectivity index is 2.43. The van der Waals surface area contributed by atoms with E-state index in [1.807, 2.05) is 0 Å². The molecule has 0 radical (unpaired) electrons. The molecule has 0 aliphatic carbocycles. The second-order valence-electron chi connectivity index (χ2n) is 2.94. The zero-order chi connectivity index (χ0) is 8.43. The summed E-state index contributed by atoms with van der Waals surface area (Å²) in [5.74, 6) is -0.0680. The molecule has 0 bridgehead atoms. The number of aliphatic hydroxyl groups is 1. The third kappa shape index (κ3) is 1.91. The molecular weight excluding hydrogens is 146 g/mol. The van der Waals surface area contributed by atoms with Crippen LogP contribution in [0.25, 0.3) is 0 Å². The summed E-state index contributed by atoms with van der Waals surface area (Å²) in [7, 11) is 3.35. The van der Waals surface area contributed by atoms with Gasteiger partial charge in [-0.25, -0.2) is 0 Å². The van der Waals surface area contributed by atoms with Crippen molar-refractivity contribution in [1.82, 2.24) is 4.90 Å². The van der Waals surface area contributed by atoms with Crippen molar-refractivity contribution >= 4 is 5.91 Å². The van der Waals surface area contributed by atoms with Crippen LogP contribution in [0.4, 0.5) is 0 Å². The molecule has 0 aromatic heterocycles. The van der Waals surface area contributed by atoms with Crippen molar-refractivity contribution in [2.24, 2.45) is 0 Å². The number of aliphatic hydroxyl groups excluding tert-OH is 1. The number of carbonyl (C=O) groups is 1. The van der Waals surface area contributed by atoms with Crippen molar-refractivity contribution in [2.75, 3.05) is 20.7 Å². The fraction of sp³-hybridized carbons (Fsp3) is 0.857. The van der Waals surface area contributed by atoms with Crippen LogP contribution in [-0.4, -0.2) is 48.8 Å². The van der Waals surface area contributed by atoms with Crippen molar-refractivity contribution < 1.29 is 14.6 Å². The van der Waals surface area contributed by atoms with Crippen LogP contribution in [0.1, 0.15) is 6.42 Å². The lowest BCUT2D eigenvalue weighted by molar-refractivity contribution is -0.138. The topological polar surface area (TPSA) is 49.8 Å². The summed E-state index contributed by atoms with van der Waals surface area (Å²) in [6.45, 7) is 0.282. The van der Waals surface area contributed by atoms with Gasteiger partial charge < -0.3 is 14.7 Å². The molecule has 1 aliphatic heterocycles. The molecule has 1 rings (SSSR count). The van der Waals surface area contributed by atoms with Gasteiger partial charge in [0.1, 0.15) is 6.10 Å². The first-order valence-electron chi connectivity index (χ1n) is 3.62. The van der Waals surface area contributed by atoms with Gasteiger partial charge >= 0.3 is 0 Å². The zero-order valence-electron chi connectivity index (χ0n) is 6.78. The van der Waals surface area contributed by atoms with Crippen LogP contribution in [0.2, 0.25) is 0 Å². The lowest BCUT2D eigenvalue weighted by Gasteiger charge is -2.14. The third-order valence-corrected chi connectivity index (χ3v) is 1.69. The summed E-state index contributed by atoms with van der Waals surface area (Å²) in [5.41, 5.74) is 0. The molecule has 1 fully saturated rings. The minimum absolute atomic E-state index is 0.0680. The first kappa shape index (κ1) is 8.49. The monoisotopic (exact) mass is 159 g/mol. The molecule has 4 heteroatoms. The SMILES string of the molecule is CN(C)C(=O)[C@H]1C[C@@H](O)CO1. The van der Waals surface area contributed by atoms with Gasteiger partial charge in [0.25, 0.3) is 5.91 Å². The number of hydrogen-bond donors (Lipinski definition) is 1. The summed E-state index contributed by atoms with van der Waals surface area (Å²) in [5, 5.41) is 9.03. The van der Waals surface area contributed by atoms with Crippen molar-refractivity contribution in [3.63, 3.8) is 0 Å². The van der Waals surface area contributed by atoms with Gasteiger partial charge in [-0.2, -0.15) is 0 Å². The van der Waals surface area contributed by atoms with E-state index in [1.54, 1.807) is 14.1 Å². The van der Waals surface area contributed by atoms with Crippen molar-refractivity contribution in [3.8, 4) is 0 Å². The Bertz CT molecular complexity index is 158. The minimum Gasteiger partial charge on any atom is -0.391 e. The van der Waals surface area contributed by atoms with Gasteiger partial charge in [-0.3, -0.25) is 4.79 Å². The molecule has 0 aromatic carbocycles. The number of carbonyl (C=O) groups excluding carboxylic acids is 1. The molecule has 1 saturated heterocycles. The van der Waals surface area contributed by atoms with Crippen LogP contribution in [0.5, 0.6) is 0 Å². The quantitative estimate of drug-likeness (QED) is 0.546. The molecule has 0 unspecified atom stereocenters. The number of ether oxygens (including phenoxy) is 1. The smallest absolute Gasteiger partial charge is 0.251 e. The lowest BCUT2D eigenvalue weighted by Crippen LogP contribution is -2.33. The maximum Gasteiger partial charge on any atom is 0.251 e. The summed E-state index contributed by atoms with van der Waals surface area (Å²) < 4.78 is 5.05. The standard InChI is InChI=1S/C7H13NO3/c1-8(2)7(10)6-3-5(9)4-11-6/h5-6,9H,3-4H2,1-2H3/t5-,6-/m1/s1. The Morgan fingerprint density at radius 2 is 2.27 bits per heavy atom. The second kappa shape index (κ2) is 3.19. The Morgan fingerprint density at radius 3 is 2.64 bits per heavy atom. The number of amides is 1. The summed E-state index contributed by atoms with van der Waals surface area (Å²) >= 11 is 0. The average Bonchev–Trinajstić information content (AvgIpc) is 2.34. The molecule has 4 nitrogen and oxygen atoms in total. The number of nitrogens with zero attached hydrogens (tertiary/aromatic N) is 1. The molecule has 11 heavy (non-hydrogen) atoms. The molecule has 1 heterocycles. The highest BCUT2D eigenvalue weighted by atomic mass is 16.5. The fourth-order valence-electron chi connectivity index (χ4n) is 1.07. The molecule has 0 saturated carbocycles. The van der Waals surface area contributed by atoms with Crippen LogP contribution in [0.3, 0.4) is 0 Å². The maximum absolute atomic E-state index is 11.2. The van der Waals surface area contributed by atoms with E-state index in [1.165, 1.54) is 4.90 Å². The molecule has 0 aromatic rings. The molecule has 1 aliphatic rings. The number of likely N-dealkylation sites (N-methyl/N-ethyl adjacent to an activating group) is 1. The van der Waals surface area contributed by atoms with E-state index in [9.17, 15) is 4.79 Å². The van der Waals surface area contributed by atoms with E-state index in [-0.39, 0.29) is 12.5 Å². The third-order valence-electron chi connectivity index (χ3n) is 1.69. The molecule has 1 N–H and O–H groups in total. The van der Waals surface area contributed by atoms with Gasteiger partial charge in [-0.05, 0) is 0 Å². The van der Waals surface area contributed by atoms with E-state index < -0.39 is 12.2 Å². The van der Waals surface area contributed by atoms with Crippen molar-refractivity contribution in [2.45, 2.75) is 18.6 Å². The predicted octanol–water partition coefficient (Wildman–Crippen LogP) is -0.776. The van der Waals surface area contributed by atoms with Gasteiger partial charge in [0.05, 0.1) is 12.7 Å². The summed E-state index contributed by atoms with van der Waals surface area (Å²) in [6.07, 6.45) is -0.472. The fourth-order valence-corrected chi connectivity index (χ4v) is 1.07. The molecule has 1 amide bonds. The van der Waals surface area contributed by atoms with Crippen LogP contribution in [-0.2, 0) is 9.53 Å². The Kier molecular flexibility index (Phi) is 2.46. The molecule has 0 spiro atoms. The largest absolute Gasteiger partial charge is 0.391 e. The van der Waals surface area contributed by atoms with Gasteiger partial charge in [-0.15, -0.1) is 0 Å². The minimum atomic E-state index is -0.469. The number of hydrogen-bond acceptors (Lipinski definition) is 3. The predicted molar refractivity (Wildman–Crippen MR) is 39.1 cm³/mol. The second-order valence-corrected chi connectivity index (χ2v) is 2.94. The van der Waals surface area contributed by atoms with E-state index in [0.717, 1.165) is 0 Å². The van der Waals surface area contributed by atoms with Gasteiger partial charge in [0.2, 0.25) is 0 Å². The molecule has 64 valence electrons. The van der Waals surface area contributed by atoms with Gasteiger partial charge in [0.15, 0.2) is 0 Å². The van der Waals surface area contributed by atoms with Gasteiger partial charge in [0, 0.05) is 20.5 Å². The first-order chi connectivity index (χ1) is 5.11. The first-order valence-corrected chi connectivity index (χ1v) is 3.62. The summed E-state index contributed by atoms with van der Waals surface area (Å²) in [4.78, 5) is 12.7. The van der Waals surface area contributed by atoms with Crippen LogP contribution >= 0.6 is 0 Å². The Morgan fingerprint density at radius 1 is 1.64 bits per heavy atom. The van der Waals surface area contributed by atoms with E-state index in [2.05, 4.69) is 0 Å². The van der Waals surface area contributed by atoms with Crippen molar-refractivity contribution in [1.29, 1.82) is 0 Å². The van der Waals surface area contributed by atoms with Crippen LogP contribution < -0.4 is 0 Å². The highest BCUT2D eigenvalue weighted by Crippen LogP contribution is 2.14. The number of rotatable bonds is 1. The molecular formula is C7H13NO3. The van der Waals surface area contributed by atoms with E-state index in [4.69, 9.17) is 9.84 Å². The van der Waals surface area contributed by atoms with Crippen molar-refractivity contribution in [3.05, 3.63) is 0 Å². The zero-order valence-corrected chi connectivity index (χ0v) is 6.78. The van der Waals surface area contributed by atoms with Crippen LogP contribution in [0.15, 0.2) is 0 Å². The highest BCUT2D eigenvalue weighted by Gasteiger charge is 2.30. The average molecular weight is 159 g/mol. The van der Waals surface area contributed by atoms with E-state index >= 15 is 0 Å². The molecule has 2 atom stereocenters. The van der Waals surface area contributed by atoms with E-state index in [0.29, 0.717) is 6.42 Å².